The Morgan fingerprint density at radius 1 is 1.44 bits per heavy atom. The number of benzene rings is 1. The van der Waals surface area contributed by atoms with E-state index in [1.54, 1.807) is 12.1 Å². The number of aromatic nitrogens is 1. The Labute approximate surface area is 110 Å². The van der Waals surface area contributed by atoms with Gasteiger partial charge in [-0.1, -0.05) is 22.8 Å². The number of hydrogen-bond acceptors (Lipinski definition) is 4. The first-order valence-corrected chi connectivity index (χ1v) is 6.25. The lowest BCUT2D eigenvalue weighted by atomic mass is 10.1. The topological polar surface area (TPSA) is 61.3 Å². The second-order valence-electron chi connectivity index (χ2n) is 4.49. The first kappa shape index (κ1) is 11.4. The third-order valence-electron chi connectivity index (χ3n) is 2.93. The molecule has 3 rings (SSSR count). The van der Waals surface area contributed by atoms with Gasteiger partial charge in [0, 0.05) is 11.6 Å². The van der Waals surface area contributed by atoms with Crippen LogP contribution in [-0.2, 0) is 0 Å². The summed E-state index contributed by atoms with van der Waals surface area (Å²) in [5.74, 6) is 1.59. The van der Waals surface area contributed by atoms with E-state index >= 15 is 0 Å². The number of rotatable bonds is 4. The number of anilines is 1. The monoisotopic (exact) mass is 264 g/mol. The molecule has 5 heteroatoms. The van der Waals surface area contributed by atoms with Crippen molar-refractivity contribution in [1.82, 2.24) is 5.16 Å². The van der Waals surface area contributed by atoms with Crippen molar-refractivity contribution in [1.29, 1.82) is 0 Å². The molecule has 0 saturated heterocycles. The van der Waals surface area contributed by atoms with Crippen LogP contribution in [0.2, 0.25) is 5.02 Å². The zero-order valence-electron chi connectivity index (χ0n) is 9.73. The smallest absolute Gasteiger partial charge is 0.222 e. The maximum Gasteiger partial charge on any atom is 0.222 e. The number of ether oxygens (including phenoxy) is 1. The van der Waals surface area contributed by atoms with Gasteiger partial charge in [-0.05, 0) is 30.9 Å². The van der Waals surface area contributed by atoms with Gasteiger partial charge >= 0.3 is 0 Å². The van der Waals surface area contributed by atoms with Crippen molar-refractivity contribution in [3.63, 3.8) is 0 Å². The van der Waals surface area contributed by atoms with Gasteiger partial charge in [-0.15, -0.1) is 0 Å². The van der Waals surface area contributed by atoms with Crippen molar-refractivity contribution in [3.8, 4) is 17.0 Å². The molecule has 1 heterocycles. The Morgan fingerprint density at radius 2 is 2.28 bits per heavy atom. The van der Waals surface area contributed by atoms with Crippen molar-refractivity contribution in [3.05, 3.63) is 29.3 Å². The minimum atomic E-state index is 0.276. The van der Waals surface area contributed by atoms with Gasteiger partial charge in [0.05, 0.1) is 11.6 Å². The third kappa shape index (κ3) is 2.29. The lowest BCUT2D eigenvalue weighted by Crippen LogP contribution is -2.01. The molecule has 1 aromatic carbocycles. The van der Waals surface area contributed by atoms with E-state index in [2.05, 4.69) is 5.16 Å². The van der Waals surface area contributed by atoms with E-state index in [9.17, 15) is 0 Å². The van der Waals surface area contributed by atoms with E-state index in [1.807, 2.05) is 12.1 Å². The third-order valence-corrected chi connectivity index (χ3v) is 3.23. The number of hydrogen-bond donors (Lipinski definition) is 1. The number of nitrogen functional groups attached to an aromatic ring is 1. The quantitative estimate of drug-likeness (QED) is 0.920. The summed E-state index contributed by atoms with van der Waals surface area (Å²) in [6, 6.07) is 7.21. The molecule has 0 unspecified atom stereocenters. The Morgan fingerprint density at radius 3 is 2.94 bits per heavy atom. The zero-order valence-corrected chi connectivity index (χ0v) is 10.5. The second-order valence-corrected chi connectivity index (χ2v) is 4.89. The average Bonchev–Trinajstić information content (AvgIpc) is 3.08. The van der Waals surface area contributed by atoms with Crippen molar-refractivity contribution < 1.29 is 9.26 Å². The maximum atomic E-state index is 6.18. The highest BCUT2D eigenvalue weighted by molar-refractivity contribution is 6.32. The van der Waals surface area contributed by atoms with Crippen molar-refractivity contribution >= 4 is 17.5 Å². The first-order valence-electron chi connectivity index (χ1n) is 5.88. The van der Waals surface area contributed by atoms with E-state index in [1.165, 1.54) is 12.8 Å². The lowest BCUT2D eigenvalue weighted by molar-refractivity contribution is 0.301. The molecular formula is C13H13ClN2O2. The molecular weight excluding hydrogens is 252 g/mol. The van der Waals surface area contributed by atoms with Gasteiger partial charge in [0.15, 0.2) is 0 Å². The molecule has 18 heavy (non-hydrogen) atoms. The van der Waals surface area contributed by atoms with Gasteiger partial charge in [0.1, 0.15) is 11.4 Å². The van der Waals surface area contributed by atoms with Crippen LogP contribution in [-0.4, -0.2) is 11.8 Å². The van der Waals surface area contributed by atoms with Crippen LogP contribution in [0.4, 0.5) is 5.88 Å². The summed E-state index contributed by atoms with van der Waals surface area (Å²) >= 11 is 6.18. The Balaban J connectivity index is 1.93. The van der Waals surface area contributed by atoms with Crippen LogP contribution < -0.4 is 10.5 Å². The van der Waals surface area contributed by atoms with Crippen molar-refractivity contribution in [2.24, 2.45) is 5.92 Å². The van der Waals surface area contributed by atoms with E-state index < -0.39 is 0 Å². The van der Waals surface area contributed by atoms with Crippen LogP contribution in [0.25, 0.3) is 11.3 Å². The molecule has 94 valence electrons. The summed E-state index contributed by atoms with van der Waals surface area (Å²) < 4.78 is 10.7. The van der Waals surface area contributed by atoms with E-state index in [0.29, 0.717) is 29.0 Å². The molecule has 1 aliphatic rings. The van der Waals surface area contributed by atoms with Gasteiger partial charge in [-0.2, -0.15) is 0 Å². The van der Waals surface area contributed by atoms with Crippen LogP contribution in [0.15, 0.2) is 28.8 Å². The fourth-order valence-electron chi connectivity index (χ4n) is 1.76. The van der Waals surface area contributed by atoms with Crippen LogP contribution in [0.5, 0.6) is 5.75 Å². The Hall–Kier alpha value is -1.68. The molecule has 0 bridgehead atoms. The molecule has 2 aromatic rings. The molecule has 4 nitrogen and oxygen atoms in total. The van der Waals surface area contributed by atoms with Gasteiger partial charge in [-0.25, -0.2) is 0 Å². The van der Waals surface area contributed by atoms with Crippen molar-refractivity contribution in [2.45, 2.75) is 12.8 Å². The molecule has 2 N–H and O–H groups in total. The summed E-state index contributed by atoms with van der Waals surface area (Å²) in [7, 11) is 0. The molecule has 1 saturated carbocycles. The summed E-state index contributed by atoms with van der Waals surface area (Å²) in [6.07, 6.45) is 2.47. The maximum absolute atomic E-state index is 6.18. The fraction of sp³-hybridized carbons (Fsp3) is 0.308. The molecule has 1 fully saturated rings. The molecule has 0 spiro atoms. The normalized spacial score (nSPS) is 14.7. The minimum Gasteiger partial charge on any atom is -0.491 e. The highest BCUT2D eigenvalue weighted by Crippen LogP contribution is 2.38. The van der Waals surface area contributed by atoms with Gasteiger partial charge in [0.25, 0.3) is 0 Å². The molecule has 0 atom stereocenters. The molecule has 1 aliphatic carbocycles. The van der Waals surface area contributed by atoms with Crippen LogP contribution in [0.3, 0.4) is 0 Å². The van der Waals surface area contributed by atoms with Gasteiger partial charge in [-0.3, -0.25) is 0 Å². The first-order chi connectivity index (χ1) is 8.74. The van der Waals surface area contributed by atoms with Crippen LogP contribution in [0.1, 0.15) is 12.8 Å². The van der Waals surface area contributed by atoms with E-state index in [-0.39, 0.29) is 5.88 Å². The number of nitrogens with zero attached hydrogens (tertiary/aromatic N) is 1. The van der Waals surface area contributed by atoms with Crippen molar-refractivity contribution in [2.75, 3.05) is 12.3 Å². The largest absolute Gasteiger partial charge is 0.491 e. The standard InChI is InChI=1S/C13H13ClN2O2/c14-10-3-1-2-9(11-6-12(15)18-16-11)13(10)17-7-8-4-5-8/h1-3,6,8H,4-5,7,15H2. The summed E-state index contributed by atoms with van der Waals surface area (Å²) in [5, 5.41) is 4.47. The second kappa shape index (κ2) is 4.53. The molecule has 0 aliphatic heterocycles. The zero-order chi connectivity index (χ0) is 12.5. The van der Waals surface area contributed by atoms with Crippen LogP contribution in [0, 0.1) is 5.92 Å². The number of nitrogens with two attached hydrogens (primary N) is 1. The van der Waals surface area contributed by atoms with E-state index in [4.69, 9.17) is 26.6 Å². The minimum absolute atomic E-state index is 0.276. The summed E-state index contributed by atoms with van der Waals surface area (Å²) in [5.41, 5.74) is 6.98. The Kier molecular flexibility index (Phi) is 2.88. The molecule has 0 radical (unpaired) electrons. The van der Waals surface area contributed by atoms with Gasteiger partial charge < -0.3 is 15.0 Å². The molecule has 1 aromatic heterocycles. The molecule has 0 amide bonds. The van der Waals surface area contributed by atoms with Crippen LogP contribution >= 0.6 is 11.6 Å². The fourth-order valence-corrected chi connectivity index (χ4v) is 1.99. The lowest BCUT2D eigenvalue weighted by Gasteiger charge is -2.11. The summed E-state index contributed by atoms with van der Waals surface area (Å²) in [6.45, 7) is 0.698. The average molecular weight is 265 g/mol. The number of para-hydroxylation sites is 1. The SMILES string of the molecule is Nc1cc(-c2cccc(Cl)c2OCC2CC2)no1. The predicted molar refractivity (Wildman–Crippen MR) is 69.6 cm³/mol. The van der Waals surface area contributed by atoms with E-state index in [0.717, 1.165) is 5.56 Å². The number of halogens is 1. The Bertz CT molecular complexity index is 564. The highest BCUT2D eigenvalue weighted by Gasteiger charge is 2.23. The summed E-state index contributed by atoms with van der Waals surface area (Å²) in [4.78, 5) is 0. The van der Waals surface area contributed by atoms with Gasteiger partial charge in [0.2, 0.25) is 5.88 Å². The predicted octanol–water partition coefficient (Wildman–Crippen LogP) is 3.37. The highest BCUT2D eigenvalue weighted by atomic mass is 35.5.